The van der Waals surface area contributed by atoms with Gasteiger partial charge in [0.15, 0.2) is 0 Å². The first kappa shape index (κ1) is 14.6. The molecule has 0 saturated heterocycles. The number of amides is 2. The van der Waals surface area contributed by atoms with Crippen molar-refractivity contribution < 1.29 is 19.1 Å². The number of benzene rings is 1. The molecule has 1 aromatic heterocycles. The Hall–Kier alpha value is -2.76. The Bertz CT molecular complexity index is 622. The summed E-state index contributed by atoms with van der Waals surface area (Å²) in [6, 6.07) is 9.37. The zero-order valence-corrected chi connectivity index (χ0v) is 11.5. The van der Waals surface area contributed by atoms with Gasteiger partial charge in [-0.15, -0.1) is 0 Å². The molecule has 2 amide bonds. The number of urea groups is 1. The van der Waals surface area contributed by atoms with Crippen molar-refractivity contribution in [2.45, 2.75) is 19.5 Å². The van der Waals surface area contributed by atoms with Crippen LogP contribution in [0.4, 0.5) is 4.79 Å². The highest BCUT2D eigenvalue weighted by Crippen LogP contribution is 2.11. The van der Waals surface area contributed by atoms with Crippen molar-refractivity contribution in [1.29, 1.82) is 0 Å². The molecule has 1 unspecified atom stereocenters. The standard InChI is InChI=1S/C15H16N2O4/c1-10(13-6-3-7-21-13)17-15(20)16-9-11-4-2-5-12(8-11)14(18)19/h2-8,10H,9H2,1H3,(H,18,19)(H2,16,17,20). The average Bonchev–Trinajstić information content (AvgIpc) is 2.99. The zero-order chi connectivity index (χ0) is 15.2. The minimum absolute atomic E-state index is 0.193. The maximum absolute atomic E-state index is 11.8. The van der Waals surface area contributed by atoms with E-state index in [1.54, 1.807) is 30.5 Å². The number of carboxylic acid groups (broad SMARTS) is 1. The van der Waals surface area contributed by atoms with Crippen LogP contribution < -0.4 is 10.6 Å². The molecule has 0 fully saturated rings. The number of rotatable bonds is 5. The summed E-state index contributed by atoms with van der Waals surface area (Å²) in [4.78, 5) is 22.6. The molecule has 1 heterocycles. The third kappa shape index (κ3) is 4.10. The van der Waals surface area contributed by atoms with Crippen LogP contribution in [0.2, 0.25) is 0 Å². The molecule has 0 bridgehead atoms. The summed E-state index contributed by atoms with van der Waals surface area (Å²) < 4.78 is 5.19. The summed E-state index contributed by atoms with van der Waals surface area (Å²) in [7, 11) is 0. The van der Waals surface area contributed by atoms with Crippen molar-refractivity contribution in [3.05, 3.63) is 59.5 Å². The van der Waals surface area contributed by atoms with Crippen LogP contribution in [0.1, 0.15) is 34.6 Å². The Kier molecular flexibility index (Phi) is 4.61. The van der Waals surface area contributed by atoms with Crippen molar-refractivity contribution >= 4 is 12.0 Å². The van der Waals surface area contributed by atoms with Crippen LogP contribution in [0.5, 0.6) is 0 Å². The third-order valence-corrected chi connectivity index (χ3v) is 2.94. The van der Waals surface area contributed by atoms with Crippen LogP contribution in [-0.4, -0.2) is 17.1 Å². The number of nitrogens with one attached hydrogen (secondary N) is 2. The van der Waals surface area contributed by atoms with Gasteiger partial charge in [-0.25, -0.2) is 9.59 Å². The number of hydrogen-bond donors (Lipinski definition) is 3. The van der Waals surface area contributed by atoms with Crippen LogP contribution in [-0.2, 0) is 6.54 Å². The van der Waals surface area contributed by atoms with Crippen molar-refractivity contribution in [2.24, 2.45) is 0 Å². The Morgan fingerprint density at radius 1 is 1.29 bits per heavy atom. The van der Waals surface area contributed by atoms with Gasteiger partial charge < -0.3 is 20.2 Å². The lowest BCUT2D eigenvalue weighted by molar-refractivity contribution is 0.0696. The molecular weight excluding hydrogens is 272 g/mol. The van der Waals surface area contributed by atoms with Gasteiger partial charge in [0, 0.05) is 6.54 Å². The summed E-state index contributed by atoms with van der Waals surface area (Å²) in [5, 5.41) is 14.3. The maximum Gasteiger partial charge on any atom is 0.335 e. The smallest absolute Gasteiger partial charge is 0.335 e. The van der Waals surface area contributed by atoms with Crippen LogP contribution >= 0.6 is 0 Å². The number of hydrogen-bond acceptors (Lipinski definition) is 3. The van der Waals surface area contributed by atoms with E-state index in [4.69, 9.17) is 9.52 Å². The molecule has 6 nitrogen and oxygen atoms in total. The molecule has 0 aliphatic heterocycles. The van der Waals surface area contributed by atoms with Crippen LogP contribution in [0.15, 0.2) is 47.1 Å². The summed E-state index contributed by atoms with van der Waals surface area (Å²) in [6.45, 7) is 2.06. The normalized spacial score (nSPS) is 11.7. The highest BCUT2D eigenvalue weighted by atomic mass is 16.4. The minimum Gasteiger partial charge on any atom is -0.478 e. The first-order valence-electron chi connectivity index (χ1n) is 6.46. The fourth-order valence-electron chi connectivity index (χ4n) is 1.85. The topological polar surface area (TPSA) is 91.6 Å². The zero-order valence-electron chi connectivity index (χ0n) is 11.5. The van der Waals surface area contributed by atoms with E-state index in [-0.39, 0.29) is 24.2 Å². The minimum atomic E-state index is -0.993. The van der Waals surface area contributed by atoms with E-state index in [9.17, 15) is 9.59 Å². The highest BCUT2D eigenvalue weighted by Gasteiger charge is 2.11. The predicted molar refractivity (Wildman–Crippen MR) is 75.9 cm³/mol. The molecule has 0 radical (unpaired) electrons. The summed E-state index contributed by atoms with van der Waals surface area (Å²) in [6.07, 6.45) is 1.54. The molecule has 0 saturated carbocycles. The van der Waals surface area contributed by atoms with Gasteiger partial charge in [0.25, 0.3) is 0 Å². The van der Waals surface area contributed by atoms with Gasteiger partial charge in [0.1, 0.15) is 5.76 Å². The SMILES string of the molecule is CC(NC(=O)NCc1cccc(C(=O)O)c1)c1ccco1. The fraction of sp³-hybridized carbons (Fsp3) is 0.200. The monoisotopic (exact) mass is 288 g/mol. The van der Waals surface area contributed by atoms with Crippen molar-refractivity contribution in [2.75, 3.05) is 0 Å². The first-order valence-corrected chi connectivity index (χ1v) is 6.46. The Balaban J connectivity index is 1.86. The van der Waals surface area contributed by atoms with Crippen molar-refractivity contribution in [3.8, 4) is 0 Å². The van der Waals surface area contributed by atoms with E-state index in [2.05, 4.69) is 10.6 Å². The van der Waals surface area contributed by atoms with E-state index in [1.807, 2.05) is 6.92 Å². The molecule has 21 heavy (non-hydrogen) atoms. The van der Waals surface area contributed by atoms with E-state index < -0.39 is 5.97 Å². The largest absolute Gasteiger partial charge is 0.478 e. The van der Waals surface area contributed by atoms with E-state index in [1.165, 1.54) is 12.1 Å². The summed E-state index contributed by atoms with van der Waals surface area (Å²) in [5.41, 5.74) is 0.911. The van der Waals surface area contributed by atoms with Gasteiger partial charge in [-0.05, 0) is 36.8 Å². The molecule has 2 rings (SSSR count). The fourth-order valence-corrected chi connectivity index (χ4v) is 1.85. The number of aromatic carboxylic acids is 1. The van der Waals surface area contributed by atoms with Gasteiger partial charge in [-0.2, -0.15) is 0 Å². The summed E-state index contributed by atoms with van der Waals surface area (Å²) in [5.74, 6) is -0.328. The number of furan rings is 1. The second kappa shape index (κ2) is 6.60. The third-order valence-electron chi connectivity index (χ3n) is 2.94. The molecule has 0 aliphatic rings. The number of carbonyl (C=O) groups is 2. The number of carboxylic acids is 1. The van der Waals surface area contributed by atoms with Crippen LogP contribution in [0.25, 0.3) is 0 Å². The molecular formula is C15H16N2O4. The van der Waals surface area contributed by atoms with Gasteiger partial charge in [0.05, 0.1) is 17.9 Å². The predicted octanol–water partition coefficient (Wildman–Crippen LogP) is 2.54. The second-order valence-corrected chi connectivity index (χ2v) is 4.57. The number of carbonyl (C=O) groups excluding carboxylic acids is 1. The van der Waals surface area contributed by atoms with E-state index in [0.717, 1.165) is 5.56 Å². The van der Waals surface area contributed by atoms with Gasteiger partial charge in [-0.3, -0.25) is 0 Å². The van der Waals surface area contributed by atoms with Crippen LogP contribution in [0.3, 0.4) is 0 Å². The quantitative estimate of drug-likeness (QED) is 0.788. The molecule has 0 spiro atoms. The molecule has 1 atom stereocenters. The Morgan fingerprint density at radius 2 is 2.10 bits per heavy atom. The lowest BCUT2D eigenvalue weighted by Gasteiger charge is -2.12. The van der Waals surface area contributed by atoms with Crippen molar-refractivity contribution in [3.63, 3.8) is 0 Å². The van der Waals surface area contributed by atoms with Gasteiger partial charge in [-0.1, -0.05) is 12.1 Å². The Morgan fingerprint density at radius 3 is 2.76 bits per heavy atom. The molecule has 110 valence electrons. The Labute approximate surface area is 121 Å². The lowest BCUT2D eigenvalue weighted by atomic mass is 10.1. The highest BCUT2D eigenvalue weighted by molar-refractivity contribution is 5.87. The lowest BCUT2D eigenvalue weighted by Crippen LogP contribution is -2.36. The second-order valence-electron chi connectivity index (χ2n) is 4.57. The molecule has 2 aromatic rings. The molecule has 0 aliphatic carbocycles. The maximum atomic E-state index is 11.8. The average molecular weight is 288 g/mol. The van der Waals surface area contributed by atoms with Gasteiger partial charge >= 0.3 is 12.0 Å². The summed E-state index contributed by atoms with van der Waals surface area (Å²) >= 11 is 0. The van der Waals surface area contributed by atoms with E-state index >= 15 is 0 Å². The molecule has 3 N–H and O–H groups in total. The molecule has 6 heteroatoms. The first-order chi connectivity index (χ1) is 10.1. The van der Waals surface area contributed by atoms with E-state index in [0.29, 0.717) is 5.76 Å². The van der Waals surface area contributed by atoms with Gasteiger partial charge in [0.2, 0.25) is 0 Å². The van der Waals surface area contributed by atoms with Crippen LogP contribution in [0, 0.1) is 0 Å². The molecule has 1 aromatic carbocycles. The van der Waals surface area contributed by atoms with Crippen molar-refractivity contribution in [1.82, 2.24) is 10.6 Å².